The van der Waals surface area contributed by atoms with Gasteiger partial charge in [-0.2, -0.15) is 5.10 Å². The molecule has 6 heteroatoms. The molecule has 1 aliphatic heterocycles. The Morgan fingerprint density at radius 2 is 2.17 bits per heavy atom. The first-order valence-electron chi connectivity index (χ1n) is 9.24. The molecule has 1 aliphatic rings. The van der Waals surface area contributed by atoms with Crippen LogP contribution in [0.1, 0.15) is 56.5 Å². The lowest BCUT2D eigenvalue weighted by atomic mass is 10.1. The van der Waals surface area contributed by atoms with Crippen LogP contribution in [0, 0.1) is 13.8 Å². The number of aromatic nitrogens is 2. The van der Waals surface area contributed by atoms with Gasteiger partial charge in [0, 0.05) is 44.0 Å². The van der Waals surface area contributed by atoms with E-state index in [4.69, 9.17) is 4.74 Å². The van der Waals surface area contributed by atoms with Gasteiger partial charge in [-0.3, -0.25) is 4.68 Å². The van der Waals surface area contributed by atoms with Crippen LogP contribution in [0.25, 0.3) is 0 Å². The summed E-state index contributed by atoms with van der Waals surface area (Å²) in [6.07, 6.45) is 4.51. The summed E-state index contributed by atoms with van der Waals surface area (Å²) in [5.74, 6) is 0. The number of amides is 2. The third-order valence-electron chi connectivity index (χ3n) is 4.73. The Morgan fingerprint density at radius 1 is 1.38 bits per heavy atom. The van der Waals surface area contributed by atoms with E-state index in [-0.39, 0.29) is 12.1 Å². The fourth-order valence-corrected chi connectivity index (χ4v) is 3.32. The van der Waals surface area contributed by atoms with E-state index in [0.29, 0.717) is 13.1 Å². The van der Waals surface area contributed by atoms with E-state index in [1.807, 2.05) is 16.5 Å². The standard InChI is InChI=1S/C18H32N4O2/c1-5-10-21(13-16-9-7-8-11-24-16)18(23)19-12-17-14(3)20-22(6-2)15(17)4/h16H,5-13H2,1-4H3,(H,19,23)/t16-/m1/s1. The van der Waals surface area contributed by atoms with Crippen LogP contribution in [0.15, 0.2) is 0 Å². The van der Waals surface area contributed by atoms with Crippen LogP contribution in [-0.2, 0) is 17.8 Å². The lowest BCUT2D eigenvalue weighted by Gasteiger charge is -2.30. The predicted octanol–water partition coefficient (Wildman–Crippen LogP) is 3.01. The normalized spacial score (nSPS) is 17.8. The molecule has 136 valence electrons. The van der Waals surface area contributed by atoms with Gasteiger partial charge in [0.25, 0.3) is 0 Å². The first kappa shape index (κ1) is 18.8. The minimum Gasteiger partial charge on any atom is -0.376 e. The van der Waals surface area contributed by atoms with Gasteiger partial charge >= 0.3 is 6.03 Å². The van der Waals surface area contributed by atoms with Crippen molar-refractivity contribution in [2.75, 3.05) is 19.7 Å². The fraction of sp³-hybridized carbons (Fsp3) is 0.778. The number of nitrogens with one attached hydrogen (secondary N) is 1. The average molecular weight is 336 g/mol. The minimum absolute atomic E-state index is 0.00549. The molecule has 0 spiro atoms. The summed E-state index contributed by atoms with van der Waals surface area (Å²) < 4.78 is 7.77. The minimum atomic E-state index is -0.00549. The third kappa shape index (κ3) is 4.72. The maximum Gasteiger partial charge on any atom is 0.317 e. The van der Waals surface area contributed by atoms with Gasteiger partial charge in [0.15, 0.2) is 0 Å². The topological polar surface area (TPSA) is 59.4 Å². The van der Waals surface area contributed by atoms with Crippen molar-refractivity contribution in [1.29, 1.82) is 0 Å². The molecule has 1 fully saturated rings. The highest BCUT2D eigenvalue weighted by Gasteiger charge is 2.21. The van der Waals surface area contributed by atoms with Gasteiger partial charge in [0.05, 0.1) is 11.8 Å². The Kier molecular flexibility index (Phi) is 7.09. The lowest BCUT2D eigenvalue weighted by Crippen LogP contribution is -2.45. The highest BCUT2D eigenvalue weighted by molar-refractivity contribution is 5.74. The van der Waals surface area contributed by atoms with Crippen molar-refractivity contribution in [3.63, 3.8) is 0 Å². The number of hydrogen-bond acceptors (Lipinski definition) is 3. The quantitative estimate of drug-likeness (QED) is 0.832. The van der Waals surface area contributed by atoms with E-state index in [1.165, 1.54) is 6.42 Å². The number of aryl methyl sites for hydroxylation is 2. The van der Waals surface area contributed by atoms with E-state index in [9.17, 15) is 4.79 Å². The van der Waals surface area contributed by atoms with E-state index in [1.54, 1.807) is 0 Å². The second kappa shape index (κ2) is 9.06. The van der Waals surface area contributed by atoms with Crippen molar-refractivity contribution in [3.05, 3.63) is 17.0 Å². The number of hydrogen-bond donors (Lipinski definition) is 1. The molecular weight excluding hydrogens is 304 g/mol. The Labute approximate surface area is 145 Å². The summed E-state index contributed by atoms with van der Waals surface area (Å²) in [4.78, 5) is 14.5. The van der Waals surface area contributed by atoms with Gasteiger partial charge in [-0.25, -0.2) is 4.79 Å². The van der Waals surface area contributed by atoms with Gasteiger partial charge in [0.1, 0.15) is 0 Å². The van der Waals surface area contributed by atoms with E-state index in [0.717, 1.165) is 55.9 Å². The van der Waals surface area contributed by atoms with Crippen LogP contribution in [-0.4, -0.2) is 46.5 Å². The number of urea groups is 1. The van der Waals surface area contributed by atoms with Gasteiger partial charge in [-0.1, -0.05) is 6.92 Å². The second-order valence-corrected chi connectivity index (χ2v) is 6.56. The van der Waals surface area contributed by atoms with E-state index in [2.05, 4.69) is 31.2 Å². The molecule has 24 heavy (non-hydrogen) atoms. The third-order valence-corrected chi connectivity index (χ3v) is 4.73. The summed E-state index contributed by atoms with van der Waals surface area (Å²) in [6.45, 7) is 11.9. The Bertz CT molecular complexity index is 535. The molecule has 0 bridgehead atoms. The predicted molar refractivity (Wildman–Crippen MR) is 95.1 cm³/mol. The molecule has 0 aliphatic carbocycles. The molecule has 1 aromatic rings. The Morgan fingerprint density at radius 3 is 2.75 bits per heavy atom. The molecule has 0 saturated carbocycles. The fourth-order valence-electron chi connectivity index (χ4n) is 3.32. The van der Waals surface area contributed by atoms with Gasteiger partial charge in [-0.05, 0) is 46.5 Å². The smallest absolute Gasteiger partial charge is 0.317 e. The number of carbonyl (C=O) groups excluding carboxylic acids is 1. The largest absolute Gasteiger partial charge is 0.376 e. The van der Waals surface area contributed by atoms with Crippen molar-refractivity contribution in [3.8, 4) is 0 Å². The first-order chi connectivity index (χ1) is 11.6. The van der Waals surface area contributed by atoms with Crippen LogP contribution in [0.4, 0.5) is 4.79 Å². The molecule has 6 nitrogen and oxygen atoms in total. The van der Waals surface area contributed by atoms with Gasteiger partial charge in [-0.15, -0.1) is 0 Å². The lowest BCUT2D eigenvalue weighted by molar-refractivity contribution is 0.000694. The molecule has 1 aromatic heterocycles. The summed E-state index contributed by atoms with van der Waals surface area (Å²) >= 11 is 0. The van der Waals surface area contributed by atoms with Crippen molar-refractivity contribution in [1.82, 2.24) is 20.0 Å². The molecule has 1 atom stereocenters. The molecule has 0 unspecified atom stereocenters. The molecule has 1 saturated heterocycles. The maximum absolute atomic E-state index is 12.6. The second-order valence-electron chi connectivity index (χ2n) is 6.56. The van der Waals surface area contributed by atoms with Gasteiger partial charge < -0.3 is 15.0 Å². The maximum atomic E-state index is 12.6. The average Bonchev–Trinajstić information content (AvgIpc) is 2.87. The van der Waals surface area contributed by atoms with Crippen molar-refractivity contribution in [2.45, 2.75) is 72.6 Å². The van der Waals surface area contributed by atoms with Crippen LogP contribution in [0.2, 0.25) is 0 Å². The van der Waals surface area contributed by atoms with Crippen LogP contribution < -0.4 is 5.32 Å². The number of rotatable bonds is 7. The van der Waals surface area contributed by atoms with Crippen molar-refractivity contribution < 1.29 is 9.53 Å². The zero-order chi connectivity index (χ0) is 17.5. The number of nitrogens with zero attached hydrogens (tertiary/aromatic N) is 3. The van der Waals surface area contributed by atoms with E-state index >= 15 is 0 Å². The summed E-state index contributed by atoms with van der Waals surface area (Å²) in [5.41, 5.74) is 3.25. The first-order valence-corrected chi connectivity index (χ1v) is 9.24. The zero-order valence-electron chi connectivity index (χ0n) is 15.6. The van der Waals surface area contributed by atoms with Crippen LogP contribution >= 0.6 is 0 Å². The van der Waals surface area contributed by atoms with E-state index < -0.39 is 0 Å². The molecule has 0 aromatic carbocycles. The summed E-state index contributed by atoms with van der Waals surface area (Å²) in [7, 11) is 0. The molecular formula is C18H32N4O2. The summed E-state index contributed by atoms with van der Waals surface area (Å²) in [5, 5.41) is 7.58. The molecule has 2 amide bonds. The van der Waals surface area contributed by atoms with Gasteiger partial charge in [0.2, 0.25) is 0 Å². The molecule has 1 N–H and O–H groups in total. The Balaban J connectivity index is 1.93. The Hall–Kier alpha value is -1.56. The highest BCUT2D eigenvalue weighted by Crippen LogP contribution is 2.15. The summed E-state index contributed by atoms with van der Waals surface area (Å²) in [6, 6.07) is -0.00549. The number of carbonyl (C=O) groups is 1. The molecule has 2 heterocycles. The zero-order valence-corrected chi connectivity index (χ0v) is 15.6. The van der Waals surface area contributed by atoms with Crippen molar-refractivity contribution >= 4 is 6.03 Å². The molecule has 2 rings (SSSR count). The van der Waals surface area contributed by atoms with Crippen LogP contribution in [0.5, 0.6) is 0 Å². The monoisotopic (exact) mass is 336 g/mol. The SMILES string of the molecule is CCCN(C[C@H]1CCCCO1)C(=O)NCc1c(C)nn(CC)c1C. The van der Waals surface area contributed by atoms with Crippen LogP contribution in [0.3, 0.4) is 0 Å². The molecule has 0 radical (unpaired) electrons. The van der Waals surface area contributed by atoms with Crippen molar-refractivity contribution in [2.24, 2.45) is 0 Å². The highest BCUT2D eigenvalue weighted by atomic mass is 16.5. The number of ether oxygens (including phenoxy) is 1.